The smallest absolute Gasteiger partial charge is 0.255 e. The van der Waals surface area contributed by atoms with Crippen LogP contribution in [-0.4, -0.2) is 31.0 Å². The molecule has 0 bridgehead atoms. The molecule has 3 rings (SSSR count). The van der Waals surface area contributed by atoms with Gasteiger partial charge in [-0.25, -0.2) is 0 Å². The minimum Gasteiger partial charge on any atom is -0.493 e. The Bertz CT molecular complexity index is 995. The maximum atomic E-state index is 13.1. The molecule has 0 radical (unpaired) electrons. The second-order valence-corrected chi connectivity index (χ2v) is 7.52. The molecule has 0 fully saturated rings. The van der Waals surface area contributed by atoms with Crippen molar-refractivity contribution in [2.75, 3.05) is 20.2 Å². The molecule has 0 heterocycles. The average molecular weight is 439 g/mol. The van der Waals surface area contributed by atoms with Gasteiger partial charge in [0.25, 0.3) is 5.91 Å². The highest BCUT2D eigenvalue weighted by atomic mass is 35.5. The summed E-state index contributed by atoms with van der Waals surface area (Å²) in [6.07, 6.45) is 0.700. The van der Waals surface area contributed by atoms with Crippen LogP contribution in [0.2, 0.25) is 5.02 Å². The highest BCUT2D eigenvalue weighted by Gasteiger charge is 2.19. The summed E-state index contributed by atoms with van der Waals surface area (Å²) in [4.78, 5) is 14.9. The lowest BCUT2D eigenvalue weighted by molar-refractivity contribution is 0.0742. The molecule has 3 aromatic rings. The molecule has 0 aliphatic rings. The highest BCUT2D eigenvalue weighted by molar-refractivity contribution is 6.33. The summed E-state index contributed by atoms with van der Waals surface area (Å²) >= 11 is 6.25. The summed E-state index contributed by atoms with van der Waals surface area (Å²) in [5.41, 5.74) is 8.18. The second kappa shape index (κ2) is 11.4. The number of halogens is 1. The van der Waals surface area contributed by atoms with Gasteiger partial charge in [-0.3, -0.25) is 4.79 Å². The maximum absolute atomic E-state index is 13.1. The summed E-state index contributed by atoms with van der Waals surface area (Å²) in [6, 6.07) is 22.7. The molecule has 0 aliphatic heterocycles. The van der Waals surface area contributed by atoms with Crippen LogP contribution >= 0.6 is 11.6 Å². The van der Waals surface area contributed by atoms with Crippen LogP contribution in [0.1, 0.15) is 27.9 Å². The van der Waals surface area contributed by atoms with Gasteiger partial charge in [-0.1, -0.05) is 60.1 Å². The summed E-state index contributed by atoms with van der Waals surface area (Å²) in [5, 5.41) is 0.437. The quantitative estimate of drug-likeness (QED) is 0.488. The summed E-state index contributed by atoms with van der Waals surface area (Å²) in [7, 11) is 1.61. The number of hydrogen-bond donors (Lipinski definition) is 1. The Labute approximate surface area is 188 Å². The van der Waals surface area contributed by atoms with Crippen molar-refractivity contribution in [2.24, 2.45) is 5.73 Å². The maximum Gasteiger partial charge on any atom is 0.255 e. The van der Waals surface area contributed by atoms with Crippen LogP contribution in [0.25, 0.3) is 0 Å². The van der Waals surface area contributed by atoms with Crippen molar-refractivity contribution in [1.29, 1.82) is 0 Å². The van der Waals surface area contributed by atoms with Gasteiger partial charge in [0, 0.05) is 13.1 Å². The van der Waals surface area contributed by atoms with Gasteiger partial charge < -0.3 is 20.1 Å². The molecule has 0 aromatic heterocycles. The van der Waals surface area contributed by atoms with E-state index in [1.165, 1.54) is 0 Å². The number of carbonyl (C=O) groups is 1. The first-order valence-electron chi connectivity index (χ1n) is 10.2. The van der Waals surface area contributed by atoms with Gasteiger partial charge in [-0.2, -0.15) is 0 Å². The largest absolute Gasteiger partial charge is 0.493 e. The number of ether oxygens (including phenoxy) is 2. The molecule has 0 saturated carbocycles. The number of hydrogen-bond acceptors (Lipinski definition) is 4. The SMILES string of the molecule is COc1cc(CN(CCCN)C(=O)c2ccccc2Cl)ccc1OCc1ccccc1. The number of nitrogens with two attached hydrogens (primary N) is 1. The Morgan fingerprint density at radius 2 is 1.71 bits per heavy atom. The average Bonchev–Trinajstić information content (AvgIpc) is 2.81. The zero-order chi connectivity index (χ0) is 22.1. The fourth-order valence-corrected chi connectivity index (χ4v) is 3.44. The Morgan fingerprint density at radius 3 is 2.42 bits per heavy atom. The molecule has 0 aliphatic carbocycles. The summed E-state index contributed by atoms with van der Waals surface area (Å²) in [5.74, 6) is 1.15. The van der Waals surface area contributed by atoms with E-state index in [-0.39, 0.29) is 5.91 Å². The molecule has 31 heavy (non-hydrogen) atoms. The van der Waals surface area contributed by atoms with Crippen LogP contribution in [0, 0.1) is 0 Å². The molecular weight excluding hydrogens is 412 g/mol. The molecule has 6 heteroatoms. The van der Waals surface area contributed by atoms with Crippen molar-refractivity contribution >= 4 is 17.5 Å². The van der Waals surface area contributed by atoms with Crippen molar-refractivity contribution < 1.29 is 14.3 Å². The lowest BCUT2D eigenvalue weighted by Gasteiger charge is -2.24. The van der Waals surface area contributed by atoms with Crippen LogP contribution in [-0.2, 0) is 13.2 Å². The van der Waals surface area contributed by atoms with E-state index in [0.29, 0.717) is 54.7 Å². The fourth-order valence-electron chi connectivity index (χ4n) is 3.22. The van der Waals surface area contributed by atoms with Gasteiger partial charge >= 0.3 is 0 Å². The first-order valence-corrected chi connectivity index (χ1v) is 10.6. The van der Waals surface area contributed by atoms with E-state index < -0.39 is 0 Å². The first kappa shape index (κ1) is 22.7. The van der Waals surface area contributed by atoms with E-state index in [2.05, 4.69) is 0 Å². The number of methoxy groups -OCH3 is 1. The van der Waals surface area contributed by atoms with E-state index in [9.17, 15) is 4.79 Å². The van der Waals surface area contributed by atoms with Crippen molar-refractivity contribution in [3.8, 4) is 11.5 Å². The van der Waals surface area contributed by atoms with Crippen LogP contribution < -0.4 is 15.2 Å². The van der Waals surface area contributed by atoms with Crippen molar-refractivity contribution in [1.82, 2.24) is 4.90 Å². The predicted molar refractivity (Wildman–Crippen MR) is 124 cm³/mol. The van der Waals surface area contributed by atoms with Gasteiger partial charge in [0.1, 0.15) is 6.61 Å². The van der Waals surface area contributed by atoms with Gasteiger partial charge in [0.15, 0.2) is 11.5 Å². The highest BCUT2D eigenvalue weighted by Crippen LogP contribution is 2.30. The molecule has 5 nitrogen and oxygen atoms in total. The number of nitrogens with zero attached hydrogens (tertiary/aromatic N) is 1. The zero-order valence-electron chi connectivity index (χ0n) is 17.6. The Morgan fingerprint density at radius 1 is 0.968 bits per heavy atom. The molecule has 162 valence electrons. The topological polar surface area (TPSA) is 64.8 Å². The fraction of sp³-hybridized carbons (Fsp3) is 0.240. The summed E-state index contributed by atoms with van der Waals surface area (Å²) in [6.45, 7) is 1.90. The van der Waals surface area contributed by atoms with Crippen molar-refractivity contribution in [3.05, 3.63) is 94.5 Å². The third-order valence-corrected chi connectivity index (χ3v) is 5.19. The molecule has 0 unspecified atom stereocenters. The number of benzene rings is 3. The molecule has 1 amide bonds. The lowest BCUT2D eigenvalue weighted by atomic mass is 10.1. The van der Waals surface area contributed by atoms with Crippen LogP contribution in [0.3, 0.4) is 0 Å². The first-order chi connectivity index (χ1) is 15.1. The van der Waals surface area contributed by atoms with Crippen molar-refractivity contribution in [3.63, 3.8) is 0 Å². The van der Waals surface area contributed by atoms with Crippen LogP contribution in [0.4, 0.5) is 0 Å². The third-order valence-electron chi connectivity index (χ3n) is 4.86. The molecule has 3 aromatic carbocycles. The van der Waals surface area contributed by atoms with E-state index >= 15 is 0 Å². The summed E-state index contributed by atoms with van der Waals surface area (Å²) < 4.78 is 11.5. The molecular formula is C25H27ClN2O3. The number of rotatable bonds is 10. The van der Waals surface area contributed by atoms with Crippen molar-refractivity contribution in [2.45, 2.75) is 19.6 Å². The molecule has 0 saturated heterocycles. The van der Waals surface area contributed by atoms with E-state index in [1.807, 2.05) is 60.7 Å². The molecule has 0 atom stereocenters. The molecule has 0 spiro atoms. The monoisotopic (exact) mass is 438 g/mol. The predicted octanol–water partition coefficient (Wildman–Crippen LogP) is 4.92. The third kappa shape index (κ3) is 6.23. The zero-order valence-corrected chi connectivity index (χ0v) is 18.3. The van der Waals surface area contributed by atoms with Gasteiger partial charge in [-0.05, 0) is 48.4 Å². The van der Waals surface area contributed by atoms with Crippen LogP contribution in [0.15, 0.2) is 72.8 Å². The second-order valence-electron chi connectivity index (χ2n) is 7.11. The van der Waals surface area contributed by atoms with Gasteiger partial charge in [0.05, 0.1) is 17.7 Å². The molecule has 2 N–H and O–H groups in total. The Balaban J connectivity index is 1.76. The number of amides is 1. The minimum atomic E-state index is -0.123. The van der Waals surface area contributed by atoms with E-state index in [1.54, 1.807) is 24.1 Å². The Hall–Kier alpha value is -3.02. The standard InChI is InChI=1S/C25H27ClN2O3/c1-30-24-16-20(12-13-23(24)31-18-19-8-3-2-4-9-19)17-28(15-7-14-27)25(29)21-10-5-6-11-22(21)26/h2-6,8-13,16H,7,14-15,17-18,27H2,1H3. The van der Waals surface area contributed by atoms with Gasteiger partial charge in [0.2, 0.25) is 0 Å². The number of carbonyl (C=O) groups excluding carboxylic acids is 1. The van der Waals surface area contributed by atoms with Gasteiger partial charge in [-0.15, -0.1) is 0 Å². The Kier molecular flexibility index (Phi) is 8.33. The lowest BCUT2D eigenvalue weighted by Crippen LogP contribution is -2.32. The van der Waals surface area contributed by atoms with E-state index in [0.717, 1.165) is 11.1 Å². The minimum absolute atomic E-state index is 0.123. The normalized spacial score (nSPS) is 10.5. The van der Waals surface area contributed by atoms with E-state index in [4.69, 9.17) is 26.8 Å². The van der Waals surface area contributed by atoms with Crippen LogP contribution in [0.5, 0.6) is 11.5 Å².